The minimum Gasteiger partial charge on any atom is -0.497 e. The second kappa shape index (κ2) is 4.81. The van der Waals surface area contributed by atoms with Gasteiger partial charge in [0, 0.05) is 18.3 Å². The van der Waals surface area contributed by atoms with Gasteiger partial charge in [-0.25, -0.2) is 0 Å². The molecular formula is C15H22N2O. The van der Waals surface area contributed by atoms with Gasteiger partial charge >= 0.3 is 0 Å². The molecule has 4 rings (SSSR count). The predicted molar refractivity (Wildman–Crippen MR) is 74.3 cm³/mol. The SMILES string of the molecule is COc1ccc(NC2CN3CCC2CC3)c(C)c1. The molecule has 1 N–H and O–H groups in total. The molecule has 1 aromatic rings. The molecule has 3 heteroatoms. The summed E-state index contributed by atoms with van der Waals surface area (Å²) < 4.78 is 5.25. The summed E-state index contributed by atoms with van der Waals surface area (Å²) in [6.45, 7) is 5.94. The van der Waals surface area contributed by atoms with E-state index in [1.807, 2.05) is 6.07 Å². The van der Waals surface area contributed by atoms with E-state index in [0.717, 1.165) is 11.7 Å². The first-order chi connectivity index (χ1) is 8.76. The first kappa shape index (κ1) is 11.8. The normalized spacial score (nSPS) is 30.2. The number of fused-ring (bicyclic) bond motifs is 3. The van der Waals surface area contributed by atoms with Crippen molar-refractivity contribution in [1.29, 1.82) is 0 Å². The van der Waals surface area contributed by atoms with E-state index in [4.69, 9.17) is 4.74 Å². The fourth-order valence-electron chi connectivity index (χ4n) is 3.25. The number of aryl methyl sites for hydroxylation is 1. The van der Waals surface area contributed by atoms with Gasteiger partial charge in [0.15, 0.2) is 0 Å². The molecule has 3 aliphatic heterocycles. The molecule has 3 nitrogen and oxygen atoms in total. The number of nitrogens with one attached hydrogen (secondary N) is 1. The summed E-state index contributed by atoms with van der Waals surface area (Å²) in [5.41, 5.74) is 2.53. The van der Waals surface area contributed by atoms with Gasteiger partial charge < -0.3 is 15.0 Å². The van der Waals surface area contributed by atoms with Gasteiger partial charge in [0.05, 0.1) is 7.11 Å². The Morgan fingerprint density at radius 1 is 1.28 bits per heavy atom. The van der Waals surface area contributed by atoms with Gasteiger partial charge in [0.1, 0.15) is 5.75 Å². The van der Waals surface area contributed by atoms with Crippen molar-refractivity contribution in [3.05, 3.63) is 23.8 Å². The van der Waals surface area contributed by atoms with Crippen LogP contribution in [-0.4, -0.2) is 37.7 Å². The number of piperidine rings is 3. The van der Waals surface area contributed by atoms with Gasteiger partial charge in [-0.2, -0.15) is 0 Å². The maximum atomic E-state index is 5.25. The van der Waals surface area contributed by atoms with Crippen molar-refractivity contribution in [2.24, 2.45) is 5.92 Å². The van der Waals surface area contributed by atoms with Crippen LogP contribution in [-0.2, 0) is 0 Å². The lowest BCUT2D eigenvalue weighted by atomic mass is 9.84. The Hall–Kier alpha value is -1.22. The van der Waals surface area contributed by atoms with Crippen LogP contribution in [0.1, 0.15) is 18.4 Å². The minimum atomic E-state index is 0.625. The van der Waals surface area contributed by atoms with Crippen LogP contribution in [0.4, 0.5) is 5.69 Å². The molecule has 0 saturated carbocycles. The monoisotopic (exact) mass is 246 g/mol. The molecule has 98 valence electrons. The number of nitrogens with zero attached hydrogens (tertiary/aromatic N) is 1. The molecule has 1 atom stereocenters. The third-order valence-corrected chi connectivity index (χ3v) is 4.43. The highest BCUT2D eigenvalue weighted by atomic mass is 16.5. The highest BCUT2D eigenvalue weighted by molar-refractivity contribution is 5.54. The van der Waals surface area contributed by atoms with Gasteiger partial charge in [0.25, 0.3) is 0 Å². The third-order valence-electron chi connectivity index (χ3n) is 4.43. The van der Waals surface area contributed by atoms with Crippen LogP contribution in [0, 0.1) is 12.8 Å². The first-order valence-electron chi connectivity index (χ1n) is 6.90. The molecule has 0 aliphatic carbocycles. The number of hydrogen-bond acceptors (Lipinski definition) is 3. The van der Waals surface area contributed by atoms with Crippen LogP contribution in [0.3, 0.4) is 0 Å². The Morgan fingerprint density at radius 2 is 2.06 bits per heavy atom. The summed E-state index contributed by atoms with van der Waals surface area (Å²) in [5.74, 6) is 1.79. The second-order valence-corrected chi connectivity index (χ2v) is 5.57. The van der Waals surface area contributed by atoms with Gasteiger partial charge in [-0.3, -0.25) is 0 Å². The summed E-state index contributed by atoms with van der Waals surface area (Å²) in [6.07, 6.45) is 2.71. The summed E-state index contributed by atoms with van der Waals surface area (Å²) in [7, 11) is 1.72. The van der Waals surface area contributed by atoms with E-state index in [1.165, 1.54) is 43.7 Å². The van der Waals surface area contributed by atoms with Crippen molar-refractivity contribution in [3.63, 3.8) is 0 Å². The predicted octanol–water partition coefficient (Wildman–Crippen LogP) is 2.51. The minimum absolute atomic E-state index is 0.625. The molecule has 3 heterocycles. The summed E-state index contributed by atoms with van der Waals surface area (Å²) >= 11 is 0. The zero-order valence-corrected chi connectivity index (χ0v) is 11.3. The molecule has 0 radical (unpaired) electrons. The second-order valence-electron chi connectivity index (χ2n) is 5.57. The Labute approximate surface area is 109 Å². The largest absolute Gasteiger partial charge is 0.497 e. The van der Waals surface area contributed by atoms with Crippen LogP contribution in [0.25, 0.3) is 0 Å². The zero-order chi connectivity index (χ0) is 12.5. The number of rotatable bonds is 3. The summed E-state index contributed by atoms with van der Waals surface area (Å²) in [6, 6.07) is 6.91. The highest BCUT2D eigenvalue weighted by Crippen LogP contribution is 2.31. The molecular weight excluding hydrogens is 224 g/mol. The van der Waals surface area contributed by atoms with Crippen molar-refractivity contribution in [2.75, 3.05) is 32.1 Å². The fraction of sp³-hybridized carbons (Fsp3) is 0.600. The summed E-state index contributed by atoms with van der Waals surface area (Å²) in [5, 5.41) is 3.73. The van der Waals surface area contributed by atoms with E-state index in [0.29, 0.717) is 6.04 Å². The van der Waals surface area contributed by atoms with E-state index in [2.05, 4.69) is 29.3 Å². The molecule has 3 aliphatic rings. The Morgan fingerprint density at radius 3 is 2.61 bits per heavy atom. The average molecular weight is 246 g/mol. The van der Waals surface area contributed by atoms with Crippen molar-refractivity contribution in [2.45, 2.75) is 25.8 Å². The van der Waals surface area contributed by atoms with Crippen LogP contribution >= 0.6 is 0 Å². The smallest absolute Gasteiger partial charge is 0.119 e. The molecule has 1 aromatic carbocycles. The van der Waals surface area contributed by atoms with Gasteiger partial charge in [0.2, 0.25) is 0 Å². The Bertz CT molecular complexity index is 425. The van der Waals surface area contributed by atoms with Crippen LogP contribution in [0.5, 0.6) is 5.75 Å². The number of benzene rings is 1. The van der Waals surface area contributed by atoms with Gasteiger partial charge in [-0.1, -0.05) is 0 Å². The molecule has 3 saturated heterocycles. The van der Waals surface area contributed by atoms with Crippen molar-refractivity contribution in [3.8, 4) is 5.75 Å². The lowest BCUT2D eigenvalue weighted by Crippen LogP contribution is -2.53. The van der Waals surface area contributed by atoms with Crippen molar-refractivity contribution < 1.29 is 4.74 Å². The Balaban J connectivity index is 1.72. The first-order valence-corrected chi connectivity index (χ1v) is 6.90. The molecule has 1 unspecified atom stereocenters. The number of methoxy groups -OCH3 is 1. The average Bonchev–Trinajstić information content (AvgIpc) is 2.42. The molecule has 2 bridgehead atoms. The van der Waals surface area contributed by atoms with Crippen molar-refractivity contribution >= 4 is 5.69 Å². The van der Waals surface area contributed by atoms with Crippen LogP contribution < -0.4 is 10.1 Å². The number of hydrogen-bond donors (Lipinski definition) is 1. The maximum Gasteiger partial charge on any atom is 0.119 e. The highest BCUT2D eigenvalue weighted by Gasteiger charge is 2.33. The van der Waals surface area contributed by atoms with E-state index < -0.39 is 0 Å². The van der Waals surface area contributed by atoms with Crippen LogP contribution in [0.15, 0.2) is 18.2 Å². The van der Waals surface area contributed by atoms with E-state index in [9.17, 15) is 0 Å². The van der Waals surface area contributed by atoms with Gasteiger partial charge in [-0.05, 0) is 62.5 Å². The molecule has 0 amide bonds. The number of ether oxygens (including phenoxy) is 1. The lowest BCUT2D eigenvalue weighted by molar-refractivity contribution is 0.0975. The van der Waals surface area contributed by atoms with Crippen molar-refractivity contribution in [1.82, 2.24) is 4.90 Å². The summed E-state index contributed by atoms with van der Waals surface area (Å²) in [4.78, 5) is 2.58. The van der Waals surface area contributed by atoms with Gasteiger partial charge in [-0.15, -0.1) is 0 Å². The molecule has 3 fully saturated rings. The lowest BCUT2D eigenvalue weighted by Gasteiger charge is -2.45. The quantitative estimate of drug-likeness (QED) is 0.887. The standard InChI is InChI=1S/C15H22N2O/c1-11-9-13(18-2)3-4-14(11)16-15-10-17-7-5-12(15)6-8-17/h3-4,9,12,15-16H,5-8,10H2,1-2H3. The Kier molecular flexibility index (Phi) is 3.16. The fourth-order valence-corrected chi connectivity index (χ4v) is 3.25. The number of anilines is 1. The third kappa shape index (κ3) is 2.19. The van der Waals surface area contributed by atoms with E-state index >= 15 is 0 Å². The van der Waals surface area contributed by atoms with E-state index in [1.54, 1.807) is 7.11 Å². The zero-order valence-electron chi connectivity index (χ0n) is 11.3. The molecule has 0 spiro atoms. The van der Waals surface area contributed by atoms with Crippen LogP contribution in [0.2, 0.25) is 0 Å². The topological polar surface area (TPSA) is 24.5 Å². The molecule has 0 aromatic heterocycles. The molecule has 18 heavy (non-hydrogen) atoms. The van der Waals surface area contributed by atoms with E-state index in [-0.39, 0.29) is 0 Å². The maximum absolute atomic E-state index is 5.25.